The molecule has 1 heterocycles. The van der Waals surface area contributed by atoms with Gasteiger partial charge < -0.3 is 9.52 Å². The fraction of sp³-hybridized carbons (Fsp3) is 0.452. The first-order valence-corrected chi connectivity index (χ1v) is 15.1. The molecule has 2 aromatic carbocycles. The van der Waals surface area contributed by atoms with Crippen molar-refractivity contribution < 1.29 is 18.7 Å². The average molecular weight is 598 g/mol. The third-order valence-corrected chi connectivity index (χ3v) is 7.74. The molecule has 0 aliphatic heterocycles. The minimum Gasteiger partial charge on any atom is -0.491 e. The summed E-state index contributed by atoms with van der Waals surface area (Å²) in [6.07, 6.45) is 12.5. The van der Waals surface area contributed by atoms with Gasteiger partial charge in [-0.3, -0.25) is 0 Å². The highest BCUT2D eigenvalue weighted by atomic mass is 35.5. The molecule has 3 rings (SSSR count). The Morgan fingerprint density at radius 1 is 0.927 bits per heavy atom. The number of unbranched alkanes of at least 4 members (excludes halogenated alkanes) is 9. The second-order valence-corrected chi connectivity index (χ2v) is 11.2. The van der Waals surface area contributed by atoms with Crippen LogP contribution in [0.25, 0.3) is 17.0 Å². The maximum atomic E-state index is 12.8. The zero-order valence-electron chi connectivity index (χ0n) is 23.8. The molecule has 0 unspecified atom stereocenters. The number of benzene rings is 2. The van der Waals surface area contributed by atoms with E-state index in [9.17, 15) is 20.4 Å². The molecule has 218 valence electrons. The van der Waals surface area contributed by atoms with E-state index in [1.165, 1.54) is 63.5 Å². The van der Waals surface area contributed by atoms with Crippen molar-refractivity contribution in [1.82, 2.24) is 4.57 Å². The molecule has 1 N–H and O–H groups in total. The van der Waals surface area contributed by atoms with E-state index < -0.39 is 11.6 Å². The maximum absolute atomic E-state index is 12.8. The number of aromatic nitrogens is 1. The van der Waals surface area contributed by atoms with Crippen LogP contribution >= 0.6 is 23.6 Å². The Morgan fingerprint density at radius 2 is 1.49 bits per heavy atom. The van der Waals surface area contributed by atoms with Crippen LogP contribution in [0.1, 0.15) is 93.4 Å². The van der Waals surface area contributed by atoms with Gasteiger partial charge in [0, 0.05) is 10.5 Å². The smallest absolute Gasteiger partial charge is 0.427 e. The van der Waals surface area contributed by atoms with Gasteiger partial charge in [-0.05, 0) is 55.7 Å². The van der Waals surface area contributed by atoms with Crippen molar-refractivity contribution in [3.8, 4) is 35.0 Å². The topological polar surface area (TPSA) is 121 Å². The lowest BCUT2D eigenvalue weighted by Crippen LogP contribution is -2.12. The molecule has 3 aromatic rings. The standard InChI is InChI=1S/C31H36ClN3O5S/c1-4-5-6-7-8-9-10-11-12-13-14-38-40-41-25-15-21(2)28(22(3)16-25)29-30(36)35(31(37)39-29)27-18-24(20-34)23(19-33)17-26(27)32/h15-18,36H,4-14H2,1-3H3. The first kappa shape index (κ1) is 32.3. The zero-order chi connectivity index (χ0) is 29.8. The molecule has 0 saturated carbocycles. The van der Waals surface area contributed by atoms with Crippen LogP contribution in [0.4, 0.5) is 0 Å². The molecule has 0 radical (unpaired) electrons. The Bertz CT molecular complexity index is 1450. The van der Waals surface area contributed by atoms with E-state index in [1.807, 2.05) is 38.1 Å². The fourth-order valence-electron chi connectivity index (χ4n) is 4.74. The largest absolute Gasteiger partial charge is 0.491 e. The van der Waals surface area contributed by atoms with Gasteiger partial charge in [0.05, 0.1) is 40.5 Å². The summed E-state index contributed by atoms with van der Waals surface area (Å²) in [7, 11) is 0. The summed E-state index contributed by atoms with van der Waals surface area (Å²) in [6, 6.07) is 10.0. The molecule has 0 atom stereocenters. The summed E-state index contributed by atoms with van der Waals surface area (Å²) in [5, 5.41) is 29.6. The van der Waals surface area contributed by atoms with Crippen molar-refractivity contribution in [3.63, 3.8) is 0 Å². The molecule has 0 aliphatic rings. The predicted molar refractivity (Wildman–Crippen MR) is 160 cm³/mol. The normalized spacial score (nSPS) is 11.0. The monoisotopic (exact) mass is 597 g/mol. The van der Waals surface area contributed by atoms with Crippen molar-refractivity contribution in [1.29, 1.82) is 10.5 Å². The lowest BCUT2D eigenvalue weighted by Gasteiger charge is -2.11. The minimum atomic E-state index is -0.881. The van der Waals surface area contributed by atoms with Crippen molar-refractivity contribution in [2.24, 2.45) is 0 Å². The number of hydrogen-bond donors (Lipinski definition) is 1. The minimum absolute atomic E-state index is 0.0143. The second kappa shape index (κ2) is 16.3. The van der Waals surface area contributed by atoms with E-state index in [0.717, 1.165) is 45.5 Å². The summed E-state index contributed by atoms with van der Waals surface area (Å²) >= 11 is 7.38. The molecule has 8 nitrogen and oxygen atoms in total. The van der Waals surface area contributed by atoms with Gasteiger partial charge in [0.2, 0.25) is 11.6 Å². The van der Waals surface area contributed by atoms with E-state index >= 15 is 0 Å². The van der Waals surface area contributed by atoms with Crippen LogP contribution < -0.4 is 5.76 Å². The SMILES string of the molecule is CCCCCCCCCCCCOOSc1cc(C)c(-c2oc(=O)n(-c3cc(C#N)c(C#N)cc3Cl)c2O)c(C)c1. The summed E-state index contributed by atoms with van der Waals surface area (Å²) in [5.41, 5.74) is 2.14. The third kappa shape index (κ3) is 8.64. The Kier molecular flexibility index (Phi) is 12.8. The lowest BCUT2D eigenvalue weighted by molar-refractivity contribution is -0.191. The van der Waals surface area contributed by atoms with Crippen molar-refractivity contribution in [2.45, 2.75) is 89.9 Å². The van der Waals surface area contributed by atoms with E-state index in [-0.39, 0.29) is 27.6 Å². The van der Waals surface area contributed by atoms with Crippen LogP contribution in [0.15, 0.2) is 38.4 Å². The number of hydrogen-bond acceptors (Lipinski definition) is 8. The van der Waals surface area contributed by atoms with Gasteiger partial charge in [-0.2, -0.15) is 14.9 Å². The van der Waals surface area contributed by atoms with Gasteiger partial charge in [-0.1, -0.05) is 76.3 Å². The molecule has 0 amide bonds. The third-order valence-electron chi connectivity index (χ3n) is 6.85. The number of nitriles is 2. The summed E-state index contributed by atoms with van der Waals surface area (Å²) in [5.74, 6) is -1.37. The molecular weight excluding hydrogens is 562 g/mol. The Labute approximate surface area is 250 Å². The molecule has 10 heteroatoms. The highest BCUT2D eigenvalue weighted by Gasteiger charge is 2.24. The summed E-state index contributed by atoms with van der Waals surface area (Å²) < 4.78 is 11.7. The van der Waals surface area contributed by atoms with Crippen molar-refractivity contribution in [2.75, 3.05) is 6.61 Å². The van der Waals surface area contributed by atoms with Gasteiger partial charge in [0.1, 0.15) is 12.1 Å². The average Bonchev–Trinajstić information content (AvgIpc) is 3.23. The van der Waals surface area contributed by atoms with Crippen LogP contribution in [0.2, 0.25) is 5.02 Å². The van der Waals surface area contributed by atoms with E-state index in [0.29, 0.717) is 12.2 Å². The van der Waals surface area contributed by atoms with E-state index in [4.69, 9.17) is 25.2 Å². The van der Waals surface area contributed by atoms with E-state index in [2.05, 4.69) is 6.92 Å². The van der Waals surface area contributed by atoms with Crippen LogP contribution in [-0.4, -0.2) is 16.3 Å². The fourth-order valence-corrected chi connectivity index (χ4v) is 5.63. The molecule has 1 aromatic heterocycles. The van der Waals surface area contributed by atoms with Gasteiger partial charge in [-0.15, -0.1) is 0 Å². The first-order valence-electron chi connectivity index (χ1n) is 14.0. The van der Waals surface area contributed by atoms with Crippen LogP contribution in [0.3, 0.4) is 0 Å². The number of nitrogens with zero attached hydrogens (tertiary/aromatic N) is 3. The van der Waals surface area contributed by atoms with Gasteiger partial charge in [0.25, 0.3) is 0 Å². The quantitative estimate of drug-likeness (QED) is 0.0753. The molecule has 0 spiro atoms. The Morgan fingerprint density at radius 3 is 2.07 bits per heavy atom. The second-order valence-electron chi connectivity index (χ2n) is 10.0. The highest BCUT2D eigenvalue weighted by Crippen LogP contribution is 2.38. The number of oxazole rings is 1. The highest BCUT2D eigenvalue weighted by molar-refractivity contribution is 7.94. The molecule has 0 saturated heterocycles. The van der Waals surface area contributed by atoms with Crippen LogP contribution in [0.5, 0.6) is 5.88 Å². The Hall–Kier alpha value is -3.21. The molecule has 41 heavy (non-hydrogen) atoms. The summed E-state index contributed by atoms with van der Waals surface area (Å²) in [4.78, 5) is 18.9. The van der Waals surface area contributed by atoms with Crippen molar-refractivity contribution >= 4 is 23.6 Å². The summed E-state index contributed by atoms with van der Waals surface area (Å²) in [6.45, 7) is 6.42. The van der Waals surface area contributed by atoms with E-state index in [1.54, 1.807) is 0 Å². The van der Waals surface area contributed by atoms with Gasteiger partial charge in [-0.25, -0.2) is 14.2 Å². The molecular formula is C31H36ClN3O5S. The maximum Gasteiger partial charge on any atom is 0.427 e. The first-order chi connectivity index (χ1) is 19.8. The number of rotatable bonds is 16. The van der Waals surface area contributed by atoms with Gasteiger partial charge >= 0.3 is 5.76 Å². The van der Waals surface area contributed by atoms with Crippen molar-refractivity contribution in [3.05, 3.63) is 62.1 Å². The number of aryl methyl sites for hydroxylation is 2. The predicted octanol–water partition coefficient (Wildman–Crippen LogP) is 8.69. The molecule has 0 bridgehead atoms. The Balaban J connectivity index is 1.58. The van der Waals surface area contributed by atoms with Crippen LogP contribution in [0, 0.1) is 36.5 Å². The van der Waals surface area contributed by atoms with Crippen LogP contribution in [-0.2, 0) is 9.22 Å². The zero-order valence-corrected chi connectivity index (χ0v) is 25.4. The molecule has 0 aliphatic carbocycles. The van der Waals surface area contributed by atoms with Gasteiger partial charge in [0.15, 0.2) is 0 Å². The molecule has 0 fully saturated rings. The number of aromatic hydroxyl groups is 1. The number of halogens is 1. The lowest BCUT2D eigenvalue weighted by atomic mass is 10.0.